The summed E-state index contributed by atoms with van der Waals surface area (Å²) in [6.07, 6.45) is 0.968. The number of carbonyl (C=O) groups is 1. The van der Waals surface area contributed by atoms with Crippen molar-refractivity contribution in [2.24, 2.45) is 7.05 Å². The Labute approximate surface area is 116 Å². The molecule has 0 saturated carbocycles. The smallest absolute Gasteiger partial charge is 0.170 e. The molecule has 0 aliphatic heterocycles. The molecule has 0 radical (unpaired) electrons. The van der Waals surface area contributed by atoms with Crippen molar-refractivity contribution in [1.82, 2.24) is 9.78 Å². The lowest BCUT2D eigenvalue weighted by atomic mass is 10.1. The molecule has 3 nitrogen and oxygen atoms in total. The molecular formula is C14H14ClFN2O. The molecule has 0 amide bonds. The Morgan fingerprint density at radius 1 is 1.47 bits per heavy atom. The van der Waals surface area contributed by atoms with Gasteiger partial charge in [0.1, 0.15) is 5.82 Å². The molecule has 1 aromatic heterocycles. The van der Waals surface area contributed by atoms with Gasteiger partial charge in [-0.3, -0.25) is 9.48 Å². The van der Waals surface area contributed by atoms with E-state index in [9.17, 15) is 9.18 Å². The molecule has 0 aliphatic carbocycles. The van der Waals surface area contributed by atoms with E-state index in [0.717, 1.165) is 17.8 Å². The van der Waals surface area contributed by atoms with E-state index in [2.05, 4.69) is 5.10 Å². The molecule has 0 bridgehead atoms. The van der Waals surface area contributed by atoms with Crippen molar-refractivity contribution < 1.29 is 9.18 Å². The van der Waals surface area contributed by atoms with E-state index in [1.165, 1.54) is 18.2 Å². The van der Waals surface area contributed by atoms with Crippen LogP contribution in [-0.2, 0) is 19.9 Å². The van der Waals surface area contributed by atoms with Gasteiger partial charge in [0.05, 0.1) is 17.1 Å². The van der Waals surface area contributed by atoms with E-state index in [-0.39, 0.29) is 22.8 Å². The minimum absolute atomic E-state index is 0.120. The van der Waals surface area contributed by atoms with Crippen LogP contribution < -0.4 is 0 Å². The molecule has 2 rings (SSSR count). The fraction of sp³-hybridized carbons (Fsp3) is 0.286. The third kappa shape index (κ3) is 2.84. The maximum absolute atomic E-state index is 13.3. The molecule has 0 saturated heterocycles. The summed E-state index contributed by atoms with van der Waals surface area (Å²) in [5, 5.41) is 4.15. The predicted octanol–water partition coefficient (Wildman–Crippen LogP) is 3.20. The van der Waals surface area contributed by atoms with Gasteiger partial charge in [-0.05, 0) is 24.6 Å². The predicted molar refractivity (Wildman–Crippen MR) is 72.0 cm³/mol. The standard InChI is InChI=1S/C14H14ClFN2O/c1-3-9-7-10(18(2)17-9)8-13(19)11-5-4-6-12(16)14(11)15/h4-7H,3,8H2,1-2H3. The Bertz CT molecular complexity index is 622. The first-order chi connectivity index (χ1) is 9.02. The van der Waals surface area contributed by atoms with Crippen molar-refractivity contribution in [2.75, 3.05) is 0 Å². The number of rotatable bonds is 4. The zero-order valence-electron chi connectivity index (χ0n) is 10.8. The van der Waals surface area contributed by atoms with Gasteiger partial charge >= 0.3 is 0 Å². The molecular weight excluding hydrogens is 267 g/mol. The molecule has 0 spiro atoms. The Balaban J connectivity index is 2.25. The van der Waals surface area contributed by atoms with Crippen molar-refractivity contribution >= 4 is 17.4 Å². The molecule has 0 atom stereocenters. The van der Waals surface area contributed by atoms with Crippen LogP contribution in [0, 0.1) is 5.82 Å². The third-order valence-electron chi connectivity index (χ3n) is 2.98. The van der Waals surface area contributed by atoms with Gasteiger partial charge < -0.3 is 0 Å². The lowest BCUT2D eigenvalue weighted by molar-refractivity contribution is 0.0990. The van der Waals surface area contributed by atoms with Crippen LogP contribution in [0.4, 0.5) is 4.39 Å². The third-order valence-corrected chi connectivity index (χ3v) is 3.37. The summed E-state index contributed by atoms with van der Waals surface area (Å²) in [4.78, 5) is 12.1. The van der Waals surface area contributed by atoms with Crippen molar-refractivity contribution in [3.63, 3.8) is 0 Å². The number of ketones is 1. The van der Waals surface area contributed by atoms with Crippen LogP contribution >= 0.6 is 11.6 Å². The van der Waals surface area contributed by atoms with Gasteiger partial charge in [-0.25, -0.2) is 4.39 Å². The second-order valence-electron chi connectivity index (χ2n) is 4.31. The number of halogens is 2. The van der Waals surface area contributed by atoms with E-state index in [0.29, 0.717) is 0 Å². The van der Waals surface area contributed by atoms with Crippen LogP contribution in [0.25, 0.3) is 0 Å². The summed E-state index contributed by atoms with van der Waals surface area (Å²) in [6.45, 7) is 2.00. The highest BCUT2D eigenvalue weighted by molar-refractivity contribution is 6.34. The van der Waals surface area contributed by atoms with Crippen molar-refractivity contribution in [3.05, 3.63) is 52.1 Å². The second-order valence-corrected chi connectivity index (χ2v) is 4.68. The number of nitrogens with zero attached hydrogens (tertiary/aromatic N) is 2. The molecule has 0 N–H and O–H groups in total. The topological polar surface area (TPSA) is 34.9 Å². The molecule has 1 aromatic carbocycles. The van der Waals surface area contributed by atoms with Gasteiger partial charge in [0, 0.05) is 18.3 Å². The molecule has 1 heterocycles. The number of hydrogen-bond donors (Lipinski definition) is 0. The van der Waals surface area contributed by atoms with Gasteiger partial charge in [0.25, 0.3) is 0 Å². The van der Waals surface area contributed by atoms with Gasteiger partial charge in [-0.1, -0.05) is 24.6 Å². The van der Waals surface area contributed by atoms with Crippen molar-refractivity contribution in [2.45, 2.75) is 19.8 Å². The Kier molecular flexibility index (Phi) is 4.00. The van der Waals surface area contributed by atoms with Crippen molar-refractivity contribution in [3.8, 4) is 0 Å². The summed E-state index contributed by atoms with van der Waals surface area (Å²) < 4.78 is 15.0. The minimum atomic E-state index is -0.577. The first kappa shape index (κ1) is 13.7. The lowest BCUT2D eigenvalue weighted by Crippen LogP contribution is -2.09. The highest BCUT2D eigenvalue weighted by Gasteiger charge is 2.16. The summed E-state index contributed by atoms with van der Waals surface area (Å²) in [7, 11) is 1.79. The van der Waals surface area contributed by atoms with Crippen LogP contribution in [0.15, 0.2) is 24.3 Å². The quantitative estimate of drug-likeness (QED) is 0.806. The lowest BCUT2D eigenvalue weighted by Gasteiger charge is -2.04. The van der Waals surface area contributed by atoms with Crippen molar-refractivity contribution in [1.29, 1.82) is 0 Å². The van der Waals surface area contributed by atoms with Crippen LogP contribution in [0.3, 0.4) is 0 Å². The van der Waals surface area contributed by atoms with E-state index in [4.69, 9.17) is 11.6 Å². The molecule has 2 aromatic rings. The van der Waals surface area contributed by atoms with E-state index >= 15 is 0 Å². The van der Waals surface area contributed by atoms with E-state index < -0.39 is 5.82 Å². The maximum Gasteiger partial charge on any atom is 0.170 e. The largest absolute Gasteiger partial charge is 0.294 e. The van der Waals surface area contributed by atoms with E-state index in [1.54, 1.807) is 11.7 Å². The minimum Gasteiger partial charge on any atom is -0.294 e. The Morgan fingerprint density at radius 2 is 2.21 bits per heavy atom. The van der Waals surface area contributed by atoms with Crippen LogP contribution in [-0.4, -0.2) is 15.6 Å². The second kappa shape index (κ2) is 5.53. The monoisotopic (exact) mass is 280 g/mol. The van der Waals surface area contributed by atoms with Gasteiger partial charge in [-0.15, -0.1) is 0 Å². The van der Waals surface area contributed by atoms with Crippen LogP contribution in [0.1, 0.15) is 28.7 Å². The van der Waals surface area contributed by atoms with Crippen LogP contribution in [0.2, 0.25) is 5.02 Å². The van der Waals surface area contributed by atoms with Gasteiger partial charge in [0.15, 0.2) is 5.78 Å². The molecule has 0 aliphatic rings. The average Bonchev–Trinajstić information content (AvgIpc) is 2.73. The number of Topliss-reactive ketones (excluding diaryl/α,β-unsaturated/α-hetero) is 1. The number of carbonyl (C=O) groups excluding carboxylic acids is 1. The van der Waals surface area contributed by atoms with E-state index in [1.807, 2.05) is 13.0 Å². The first-order valence-electron chi connectivity index (χ1n) is 6.02. The number of aryl methyl sites for hydroxylation is 2. The number of aromatic nitrogens is 2. The normalized spacial score (nSPS) is 10.7. The first-order valence-corrected chi connectivity index (χ1v) is 6.39. The highest BCUT2D eigenvalue weighted by Crippen LogP contribution is 2.21. The van der Waals surface area contributed by atoms with Crippen LogP contribution in [0.5, 0.6) is 0 Å². The fourth-order valence-electron chi connectivity index (χ4n) is 1.89. The summed E-state index contributed by atoms with van der Waals surface area (Å²) in [6, 6.07) is 6.13. The fourth-order valence-corrected chi connectivity index (χ4v) is 2.12. The molecule has 0 unspecified atom stereocenters. The molecule has 0 fully saturated rings. The highest BCUT2D eigenvalue weighted by atomic mass is 35.5. The molecule has 100 valence electrons. The summed E-state index contributed by atoms with van der Waals surface area (Å²) >= 11 is 5.81. The SMILES string of the molecule is CCc1cc(CC(=O)c2cccc(F)c2Cl)n(C)n1. The van der Waals surface area contributed by atoms with Gasteiger partial charge in [0.2, 0.25) is 0 Å². The Morgan fingerprint density at radius 3 is 2.84 bits per heavy atom. The zero-order valence-corrected chi connectivity index (χ0v) is 11.5. The average molecular weight is 281 g/mol. The molecule has 5 heteroatoms. The molecule has 19 heavy (non-hydrogen) atoms. The summed E-state index contributed by atoms with van der Waals surface area (Å²) in [5.74, 6) is -0.790. The number of hydrogen-bond acceptors (Lipinski definition) is 2. The Hall–Kier alpha value is -1.68. The zero-order chi connectivity index (χ0) is 14.0. The maximum atomic E-state index is 13.3. The summed E-state index contributed by atoms with van der Waals surface area (Å²) in [5.41, 5.74) is 1.93. The van der Waals surface area contributed by atoms with Gasteiger partial charge in [-0.2, -0.15) is 5.10 Å². The number of benzene rings is 1.